The molecular weight excluding hydrogens is 422 g/mol. The molecule has 0 bridgehead atoms. The van der Waals surface area contributed by atoms with Crippen molar-refractivity contribution in [2.24, 2.45) is 5.92 Å². The Morgan fingerprint density at radius 3 is 2.73 bits per heavy atom. The lowest BCUT2D eigenvalue weighted by molar-refractivity contribution is -0.124. The first-order valence-electron chi connectivity index (χ1n) is 9.99. The molecule has 2 aromatic rings. The molecule has 0 unspecified atom stereocenters. The molecule has 0 spiro atoms. The normalized spacial score (nSPS) is 17.2. The summed E-state index contributed by atoms with van der Waals surface area (Å²) in [6, 6.07) is 9.83. The van der Waals surface area contributed by atoms with Crippen molar-refractivity contribution in [1.29, 1.82) is 0 Å². The van der Waals surface area contributed by atoms with E-state index in [9.17, 15) is 18.0 Å². The molecule has 1 atom stereocenters. The third-order valence-corrected chi connectivity index (χ3v) is 8.12. The van der Waals surface area contributed by atoms with E-state index in [1.807, 2.05) is 32.0 Å². The number of carbonyl (C=O) groups excluding carboxylic acids is 2. The van der Waals surface area contributed by atoms with Gasteiger partial charge in [-0.05, 0) is 47.9 Å². The molecule has 0 saturated carbocycles. The van der Waals surface area contributed by atoms with Gasteiger partial charge in [0.2, 0.25) is 11.8 Å². The van der Waals surface area contributed by atoms with Crippen LogP contribution in [-0.4, -0.2) is 37.1 Å². The maximum Gasteiger partial charge on any atom is 0.253 e. The molecule has 1 fully saturated rings. The largest absolute Gasteiger partial charge is 0.351 e. The predicted octanol–water partition coefficient (Wildman–Crippen LogP) is 3.20. The highest BCUT2D eigenvalue weighted by Gasteiger charge is 2.39. The molecule has 1 aromatic heterocycles. The van der Waals surface area contributed by atoms with Crippen molar-refractivity contribution < 1.29 is 18.0 Å². The molecule has 30 heavy (non-hydrogen) atoms. The summed E-state index contributed by atoms with van der Waals surface area (Å²) in [4.78, 5) is 24.7. The number of sulfonamides is 1. The first kappa shape index (κ1) is 22.5. The summed E-state index contributed by atoms with van der Waals surface area (Å²) in [5.74, 6) is -0.0827. The Balaban J connectivity index is 1.61. The number of nitrogens with one attached hydrogen (secondary N) is 2. The van der Waals surface area contributed by atoms with Crippen molar-refractivity contribution in [3.05, 3.63) is 47.3 Å². The van der Waals surface area contributed by atoms with Crippen molar-refractivity contribution in [2.45, 2.75) is 49.9 Å². The smallest absolute Gasteiger partial charge is 0.253 e. The van der Waals surface area contributed by atoms with Gasteiger partial charge in [0.15, 0.2) is 0 Å². The van der Waals surface area contributed by atoms with E-state index in [0.717, 1.165) is 16.9 Å². The summed E-state index contributed by atoms with van der Waals surface area (Å²) in [7, 11) is -3.66. The summed E-state index contributed by atoms with van der Waals surface area (Å²) >= 11 is 1.15. The summed E-state index contributed by atoms with van der Waals surface area (Å²) in [6.07, 6.45) is 1.60. The minimum Gasteiger partial charge on any atom is -0.351 e. The predicted molar refractivity (Wildman–Crippen MR) is 118 cm³/mol. The van der Waals surface area contributed by atoms with Crippen LogP contribution >= 0.6 is 11.3 Å². The SMILES string of the molecule is CC(C)CC(=O)Nc1cccc(CNC(=O)[C@H]2CCCN2S(=O)(=O)c2cccs2)c1. The highest BCUT2D eigenvalue weighted by atomic mass is 32.2. The van der Waals surface area contributed by atoms with Gasteiger partial charge in [-0.15, -0.1) is 11.3 Å². The minimum absolute atomic E-state index is 0.0495. The topological polar surface area (TPSA) is 95.6 Å². The Labute approximate surface area is 181 Å². The Hall–Kier alpha value is -2.23. The zero-order valence-electron chi connectivity index (χ0n) is 17.1. The summed E-state index contributed by atoms with van der Waals surface area (Å²) in [5.41, 5.74) is 1.51. The Bertz CT molecular complexity index is 987. The third kappa shape index (κ3) is 5.47. The third-order valence-electron chi connectivity index (χ3n) is 4.84. The molecule has 2 N–H and O–H groups in total. The number of hydrogen-bond donors (Lipinski definition) is 2. The molecule has 7 nitrogen and oxygen atoms in total. The van der Waals surface area contributed by atoms with Crippen LogP contribution in [0, 0.1) is 5.92 Å². The molecule has 1 aliphatic rings. The van der Waals surface area contributed by atoms with Crippen molar-refractivity contribution in [3.63, 3.8) is 0 Å². The number of carbonyl (C=O) groups is 2. The van der Waals surface area contributed by atoms with Gasteiger partial charge >= 0.3 is 0 Å². The molecule has 0 radical (unpaired) electrons. The quantitative estimate of drug-likeness (QED) is 0.647. The van der Waals surface area contributed by atoms with Gasteiger partial charge in [-0.2, -0.15) is 4.31 Å². The highest BCUT2D eigenvalue weighted by Crippen LogP contribution is 2.28. The van der Waals surface area contributed by atoms with Gasteiger partial charge < -0.3 is 10.6 Å². The number of thiophene rings is 1. The number of amides is 2. The van der Waals surface area contributed by atoms with Crippen LogP contribution < -0.4 is 10.6 Å². The van der Waals surface area contributed by atoms with E-state index in [1.165, 1.54) is 4.31 Å². The van der Waals surface area contributed by atoms with Gasteiger partial charge in [0.1, 0.15) is 10.3 Å². The Morgan fingerprint density at radius 2 is 2.03 bits per heavy atom. The second kappa shape index (κ2) is 9.72. The summed E-state index contributed by atoms with van der Waals surface area (Å²) in [5, 5.41) is 7.42. The average Bonchev–Trinajstić information content (AvgIpc) is 3.38. The molecule has 0 aliphatic carbocycles. The van der Waals surface area contributed by atoms with Crippen LogP contribution in [0.5, 0.6) is 0 Å². The van der Waals surface area contributed by atoms with Gasteiger partial charge in [0, 0.05) is 25.2 Å². The highest BCUT2D eigenvalue weighted by molar-refractivity contribution is 7.91. The number of rotatable bonds is 8. The van der Waals surface area contributed by atoms with E-state index in [4.69, 9.17) is 0 Å². The molecule has 2 amide bonds. The minimum atomic E-state index is -3.66. The van der Waals surface area contributed by atoms with Gasteiger partial charge in [0.25, 0.3) is 10.0 Å². The first-order valence-corrected chi connectivity index (χ1v) is 12.3. The van der Waals surface area contributed by atoms with Gasteiger partial charge in [-0.3, -0.25) is 9.59 Å². The lowest BCUT2D eigenvalue weighted by Crippen LogP contribution is -2.45. The van der Waals surface area contributed by atoms with Gasteiger partial charge in [-0.1, -0.05) is 32.0 Å². The van der Waals surface area contributed by atoms with Crippen molar-refractivity contribution >= 4 is 38.9 Å². The van der Waals surface area contributed by atoms with Gasteiger partial charge in [-0.25, -0.2) is 8.42 Å². The second-order valence-electron chi connectivity index (χ2n) is 7.77. The van der Waals surface area contributed by atoms with Crippen molar-refractivity contribution in [3.8, 4) is 0 Å². The van der Waals surface area contributed by atoms with E-state index >= 15 is 0 Å². The Morgan fingerprint density at radius 1 is 1.23 bits per heavy atom. The van der Waals surface area contributed by atoms with Crippen LogP contribution in [0.2, 0.25) is 0 Å². The monoisotopic (exact) mass is 449 g/mol. The van der Waals surface area contributed by atoms with E-state index in [2.05, 4.69) is 10.6 Å². The van der Waals surface area contributed by atoms with Crippen molar-refractivity contribution in [2.75, 3.05) is 11.9 Å². The van der Waals surface area contributed by atoms with Gasteiger partial charge in [0.05, 0.1) is 0 Å². The lowest BCUT2D eigenvalue weighted by atomic mass is 10.1. The fourth-order valence-electron chi connectivity index (χ4n) is 3.46. The van der Waals surface area contributed by atoms with Crippen LogP contribution in [-0.2, 0) is 26.2 Å². The molecular formula is C21H27N3O4S2. The van der Waals surface area contributed by atoms with Crippen LogP contribution in [0.4, 0.5) is 5.69 Å². The summed E-state index contributed by atoms with van der Waals surface area (Å²) < 4.78 is 27.2. The molecule has 1 aliphatic heterocycles. The maximum absolute atomic E-state index is 12.8. The molecule has 1 saturated heterocycles. The number of benzene rings is 1. The van der Waals surface area contributed by atoms with E-state index in [-0.39, 0.29) is 28.5 Å². The van der Waals surface area contributed by atoms with Crippen molar-refractivity contribution in [1.82, 2.24) is 9.62 Å². The van der Waals surface area contributed by atoms with Crippen LogP contribution in [0.25, 0.3) is 0 Å². The van der Waals surface area contributed by atoms with Crippen LogP contribution in [0.1, 0.15) is 38.7 Å². The zero-order valence-corrected chi connectivity index (χ0v) is 18.8. The maximum atomic E-state index is 12.8. The van der Waals surface area contributed by atoms with Crippen LogP contribution in [0.3, 0.4) is 0 Å². The fraction of sp³-hybridized carbons (Fsp3) is 0.429. The van der Waals surface area contributed by atoms with E-state index < -0.39 is 16.1 Å². The number of anilines is 1. The molecule has 3 rings (SSSR count). The molecule has 9 heteroatoms. The molecule has 162 valence electrons. The molecule has 1 aromatic carbocycles. The Kier molecular flexibility index (Phi) is 7.27. The van der Waals surface area contributed by atoms with E-state index in [0.29, 0.717) is 31.5 Å². The average molecular weight is 450 g/mol. The fourth-order valence-corrected chi connectivity index (χ4v) is 6.24. The second-order valence-corrected chi connectivity index (χ2v) is 10.8. The van der Waals surface area contributed by atoms with Crippen LogP contribution in [0.15, 0.2) is 46.0 Å². The number of hydrogen-bond acceptors (Lipinski definition) is 5. The number of nitrogens with zero attached hydrogens (tertiary/aromatic N) is 1. The van der Waals surface area contributed by atoms with E-state index in [1.54, 1.807) is 23.6 Å². The summed E-state index contributed by atoms with van der Waals surface area (Å²) in [6.45, 7) is 4.57. The molecule has 2 heterocycles. The zero-order chi connectivity index (χ0) is 21.7. The standard InChI is InChI=1S/C21H27N3O4S2/c1-15(2)12-19(25)23-17-7-3-6-16(13-17)14-22-21(26)18-8-4-10-24(18)30(27,28)20-9-5-11-29-20/h3,5-7,9,11,13,15,18H,4,8,10,12,14H2,1-2H3,(H,22,26)(H,23,25)/t18-/m1/s1. The first-order chi connectivity index (χ1) is 14.3. The lowest BCUT2D eigenvalue weighted by Gasteiger charge is -2.22.